The van der Waals surface area contributed by atoms with Crippen LogP contribution >= 0.6 is 0 Å². The zero-order valence-corrected chi connectivity index (χ0v) is 16.4. The third-order valence-electron chi connectivity index (χ3n) is 5.89. The Labute approximate surface area is 160 Å². The molecule has 2 aliphatic heterocycles. The van der Waals surface area contributed by atoms with Crippen molar-refractivity contribution in [2.45, 2.75) is 38.4 Å². The molecular weight excluding hydrogens is 350 g/mol. The van der Waals surface area contributed by atoms with Crippen LogP contribution in [0.25, 0.3) is 0 Å². The predicted octanol–water partition coefficient (Wildman–Crippen LogP) is 2.42. The second-order valence-electron chi connectivity index (χ2n) is 7.60. The molecule has 0 bridgehead atoms. The normalized spacial score (nSPS) is 28.9. The average Bonchev–Trinajstić information content (AvgIpc) is 3.29. The topological polar surface area (TPSA) is 77.5 Å². The van der Waals surface area contributed by atoms with Gasteiger partial charge in [-0.05, 0) is 24.6 Å². The van der Waals surface area contributed by atoms with Crippen LogP contribution < -0.4 is 9.47 Å². The molecule has 0 unspecified atom stereocenters. The van der Waals surface area contributed by atoms with E-state index in [1.807, 2.05) is 25.1 Å². The van der Waals surface area contributed by atoms with E-state index in [2.05, 4.69) is 0 Å². The Morgan fingerprint density at radius 2 is 2.15 bits per heavy atom. The number of nitrogens with zero attached hydrogens (tertiary/aromatic N) is 1. The van der Waals surface area contributed by atoms with Gasteiger partial charge in [-0.3, -0.25) is 0 Å². The number of likely N-dealkylation sites (tertiary alicyclic amines) is 1. The summed E-state index contributed by atoms with van der Waals surface area (Å²) in [6.45, 7) is 5.94. The zero-order chi connectivity index (χ0) is 19.6. The summed E-state index contributed by atoms with van der Waals surface area (Å²) >= 11 is 0. The SMILES string of the molecule is COC(=O)N1C[C@@H](c2ccc(OC)c(O[C@H]3CCOC3)c2)[C@](C)([C@@H](C)O)C1. The van der Waals surface area contributed by atoms with E-state index >= 15 is 0 Å². The Balaban J connectivity index is 1.91. The molecule has 1 N–H and O–H groups in total. The lowest BCUT2D eigenvalue weighted by molar-refractivity contribution is 0.0470. The molecule has 2 fully saturated rings. The van der Waals surface area contributed by atoms with E-state index in [9.17, 15) is 9.90 Å². The van der Waals surface area contributed by atoms with Gasteiger partial charge in [0.25, 0.3) is 0 Å². The van der Waals surface area contributed by atoms with Gasteiger partial charge in [-0.1, -0.05) is 13.0 Å². The molecule has 1 amide bonds. The summed E-state index contributed by atoms with van der Waals surface area (Å²) < 4.78 is 21.8. The molecule has 1 aromatic rings. The van der Waals surface area contributed by atoms with Crippen molar-refractivity contribution in [3.8, 4) is 11.5 Å². The van der Waals surface area contributed by atoms with Crippen molar-refractivity contribution in [1.29, 1.82) is 0 Å². The number of hydrogen-bond donors (Lipinski definition) is 1. The summed E-state index contributed by atoms with van der Waals surface area (Å²) in [5.41, 5.74) is 0.510. The molecule has 7 nitrogen and oxygen atoms in total. The van der Waals surface area contributed by atoms with Crippen molar-refractivity contribution in [2.75, 3.05) is 40.5 Å². The van der Waals surface area contributed by atoms with Gasteiger partial charge in [0, 0.05) is 30.8 Å². The van der Waals surface area contributed by atoms with E-state index in [0.717, 1.165) is 12.0 Å². The van der Waals surface area contributed by atoms with E-state index in [1.54, 1.807) is 18.9 Å². The smallest absolute Gasteiger partial charge is 0.409 e. The first-order valence-corrected chi connectivity index (χ1v) is 9.32. The van der Waals surface area contributed by atoms with E-state index in [0.29, 0.717) is 37.8 Å². The third-order valence-corrected chi connectivity index (χ3v) is 5.89. The van der Waals surface area contributed by atoms with Crippen molar-refractivity contribution in [3.05, 3.63) is 23.8 Å². The Hall–Kier alpha value is -1.99. The predicted molar refractivity (Wildman–Crippen MR) is 99.4 cm³/mol. The Bertz CT molecular complexity index is 672. The number of ether oxygens (including phenoxy) is 4. The minimum atomic E-state index is -0.591. The van der Waals surface area contributed by atoms with Crippen LogP contribution in [0.2, 0.25) is 0 Å². The molecule has 0 aliphatic carbocycles. The maximum atomic E-state index is 12.1. The summed E-state index contributed by atoms with van der Waals surface area (Å²) in [5, 5.41) is 10.5. The number of methoxy groups -OCH3 is 2. The first-order valence-electron chi connectivity index (χ1n) is 9.32. The first kappa shape index (κ1) is 19.8. The highest BCUT2D eigenvalue weighted by Crippen LogP contribution is 2.47. The second kappa shape index (κ2) is 7.94. The number of aliphatic hydroxyl groups is 1. The molecule has 3 rings (SSSR count). The lowest BCUT2D eigenvalue weighted by Crippen LogP contribution is -2.38. The van der Waals surface area contributed by atoms with Gasteiger partial charge in [-0.2, -0.15) is 0 Å². The standard InChI is InChI=1S/C20H29NO6/c1-13(22)20(2)12-21(19(23)25-4)10-16(20)14-5-6-17(24-3)18(9-14)27-15-7-8-26-11-15/h5-6,9,13,15-16,22H,7-8,10-12H2,1-4H3/t13-,15+,16+,20+/m1/s1. The highest BCUT2D eigenvalue weighted by atomic mass is 16.6. The molecule has 27 heavy (non-hydrogen) atoms. The number of carbonyl (C=O) groups excluding carboxylic acids is 1. The molecule has 0 radical (unpaired) electrons. The largest absolute Gasteiger partial charge is 0.493 e. The Morgan fingerprint density at radius 3 is 2.74 bits per heavy atom. The monoisotopic (exact) mass is 379 g/mol. The average molecular weight is 379 g/mol. The van der Waals surface area contributed by atoms with E-state index in [1.165, 1.54) is 7.11 Å². The molecule has 7 heteroatoms. The van der Waals surface area contributed by atoms with Crippen molar-refractivity contribution in [1.82, 2.24) is 4.90 Å². The van der Waals surface area contributed by atoms with Gasteiger partial charge in [-0.15, -0.1) is 0 Å². The van der Waals surface area contributed by atoms with Gasteiger partial charge in [-0.25, -0.2) is 4.79 Å². The molecule has 4 atom stereocenters. The zero-order valence-electron chi connectivity index (χ0n) is 16.4. The molecule has 0 aromatic heterocycles. The number of benzene rings is 1. The van der Waals surface area contributed by atoms with Crippen LogP contribution in [0, 0.1) is 5.41 Å². The van der Waals surface area contributed by atoms with E-state index < -0.39 is 11.5 Å². The fraction of sp³-hybridized carbons (Fsp3) is 0.650. The van der Waals surface area contributed by atoms with Gasteiger partial charge in [0.05, 0.1) is 33.5 Å². The van der Waals surface area contributed by atoms with Crippen LogP contribution in [0.15, 0.2) is 18.2 Å². The molecule has 0 spiro atoms. The molecule has 2 aliphatic rings. The Morgan fingerprint density at radius 1 is 1.37 bits per heavy atom. The molecular formula is C20H29NO6. The lowest BCUT2D eigenvalue weighted by Gasteiger charge is -2.33. The summed E-state index contributed by atoms with van der Waals surface area (Å²) in [5.74, 6) is 1.27. The fourth-order valence-electron chi connectivity index (χ4n) is 3.98. The van der Waals surface area contributed by atoms with Gasteiger partial charge in [0.2, 0.25) is 0 Å². The van der Waals surface area contributed by atoms with Gasteiger partial charge in [0.15, 0.2) is 11.5 Å². The third kappa shape index (κ3) is 3.84. The fourth-order valence-corrected chi connectivity index (χ4v) is 3.98. The van der Waals surface area contributed by atoms with Gasteiger partial charge >= 0.3 is 6.09 Å². The first-order chi connectivity index (χ1) is 12.9. The maximum Gasteiger partial charge on any atom is 0.409 e. The number of aliphatic hydroxyl groups excluding tert-OH is 1. The number of hydrogen-bond acceptors (Lipinski definition) is 6. The number of amides is 1. The van der Waals surface area contributed by atoms with Crippen LogP contribution in [0.3, 0.4) is 0 Å². The number of carbonyl (C=O) groups is 1. The summed E-state index contributed by atoms with van der Waals surface area (Å²) in [7, 11) is 2.99. The lowest BCUT2D eigenvalue weighted by atomic mass is 9.72. The molecule has 1 aromatic carbocycles. The van der Waals surface area contributed by atoms with Crippen LogP contribution in [0.5, 0.6) is 11.5 Å². The van der Waals surface area contributed by atoms with E-state index in [4.69, 9.17) is 18.9 Å². The van der Waals surface area contributed by atoms with Crippen molar-refractivity contribution >= 4 is 6.09 Å². The molecule has 150 valence electrons. The second-order valence-corrected chi connectivity index (χ2v) is 7.60. The Kier molecular flexibility index (Phi) is 5.81. The number of rotatable bonds is 5. The summed E-state index contributed by atoms with van der Waals surface area (Å²) in [6, 6.07) is 5.82. The quantitative estimate of drug-likeness (QED) is 0.847. The molecule has 2 heterocycles. The van der Waals surface area contributed by atoms with E-state index in [-0.39, 0.29) is 18.1 Å². The van der Waals surface area contributed by atoms with Crippen molar-refractivity contribution in [3.63, 3.8) is 0 Å². The van der Waals surface area contributed by atoms with Crippen LogP contribution in [-0.2, 0) is 9.47 Å². The summed E-state index contributed by atoms with van der Waals surface area (Å²) in [6.07, 6.45) is -0.116. The molecule has 2 saturated heterocycles. The molecule has 0 saturated carbocycles. The van der Waals surface area contributed by atoms with Gasteiger partial charge < -0.3 is 29.0 Å². The summed E-state index contributed by atoms with van der Waals surface area (Å²) in [4.78, 5) is 13.7. The highest BCUT2D eigenvalue weighted by molar-refractivity contribution is 5.68. The minimum absolute atomic E-state index is 0.00689. The van der Waals surface area contributed by atoms with Crippen LogP contribution in [-0.4, -0.2) is 68.8 Å². The maximum absolute atomic E-state index is 12.1. The minimum Gasteiger partial charge on any atom is -0.493 e. The van der Waals surface area contributed by atoms with Crippen LogP contribution in [0.4, 0.5) is 4.79 Å². The van der Waals surface area contributed by atoms with Gasteiger partial charge in [0.1, 0.15) is 6.10 Å². The van der Waals surface area contributed by atoms with Crippen molar-refractivity contribution < 1.29 is 28.8 Å². The van der Waals surface area contributed by atoms with Crippen LogP contribution in [0.1, 0.15) is 31.7 Å². The van der Waals surface area contributed by atoms with Crippen molar-refractivity contribution in [2.24, 2.45) is 5.41 Å². The highest BCUT2D eigenvalue weighted by Gasteiger charge is 2.48.